The van der Waals surface area contributed by atoms with Crippen molar-refractivity contribution in [2.75, 3.05) is 7.11 Å². The molecule has 0 unspecified atom stereocenters. The van der Waals surface area contributed by atoms with Crippen LogP contribution >= 0.6 is 23.2 Å². The molecule has 0 saturated carbocycles. The summed E-state index contributed by atoms with van der Waals surface area (Å²) >= 11 is 11.6. The van der Waals surface area contributed by atoms with E-state index in [0.717, 1.165) is 0 Å². The van der Waals surface area contributed by atoms with Gasteiger partial charge in [-0.15, -0.1) is 0 Å². The lowest BCUT2D eigenvalue weighted by molar-refractivity contribution is 0.0594. The monoisotopic (exact) mass is 313 g/mol. The first-order valence-corrected chi connectivity index (χ1v) is 6.41. The molecule has 0 saturated heterocycles. The first-order chi connectivity index (χ1) is 9.45. The van der Waals surface area contributed by atoms with E-state index in [4.69, 9.17) is 23.2 Å². The van der Waals surface area contributed by atoms with E-state index in [1.165, 1.54) is 19.2 Å². The third kappa shape index (κ3) is 2.62. The maximum Gasteiger partial charge on any atom is 0.358 e. The number of rotatable bonds is 2. The average Bonchev–Trinajstić information content (AvgIpc) is 2.45. The summed E-state index contributed by atoms with van der Waals surface area (Å²) in [6, 6.07) is 6.19. The van der Waals surface area contributed by atoms with Gasteiger partial charge in [0.15, 0.2) is 5.69 Å². The fraction of sp³-hybridized carbons (Fsp3) is 0.143. The van der Waals surface area contributed by atoms with Crippen molar-refractivity contribution in [1.82, 2.24) is 4.98 Å². The van der Waals surface area contributed by atoms with Crippen LogP contribution < -0.4 is 0 Å². The van der Waals surface area contributed by atoms with E-state index < -0.39 is 11.8 Å². The summed E-state index contributed by atoms with van der Waals surface area (Å²) in [5.41, 5.74) is 1.29. The van der Waals surface area contributed by atoms with E-state index in [0.29, 0.717) is 16.8 Å². The number of benzene rings is 1. The molecule has 3 nitrogen and oxygen atoms in total. The smallest absolute Gasteiger partial charge is 0.358 e. The lowest BCUT2D eigenvalue weighted by Gasteiger charge is -2.09. The number of carbonyl (C=O) groups is 1. The molecule has 2 aromatic rings. The predicted octanol–water partition coefficient (Wildman–Crippen LogP) is 4.29. The number of esters is 1. The molecule has 0 amide bonds. The van der Waals surface area contributed by atoms with Crippen LogP contribution in [-0.4, -0.2) is 18.1 Å². The highest BCUT2D eigenvalue weighted by Gasteiger charge is 2.16. The van der Waals surface area contributed by atoms with Gasteiger partial charge in [0.25, 0.3) is 0 Å². The van der Waals surface area contributed by atoms with E-state index >= 15 is 0 Å². The zero-order chi connectivity index (χ0) is 14.9. The minimum Gasteiger partial charge on any atom is -0.464 e. The molecule has 0 aliphatic heterocycles. The fourth-order valence-electron chi connectivity index (χ4n) is 1.76. The number of halogens is 3. The maximum atomic E-state index is 13.8. The van der Waals surface area contributed by atoms with Crippen molar-refractivity contribution in [2.24, 2.45) is 0 Å². The number of hydrogen-bond donors (Lipinski definition) is 0. The SMILES string of the molecule is COC(=O)c1nc(-c2ccc(Cl)c(F)c2C)ccc1Cl. The summed E-state index contributed by atoms with van der Waals surface area (Å²) < 4.78 is 18.4. The van der Waals surface area contributed by atoms with E-state index in [2.05, 4.69) is 9.72 Å². The van der Waals surface area contributed by atoms with Gasteiger partial charge in [-0.25, -0.2) is 14.2 Å². The molecule has 0 N–H and O–H groups in total. The number of ether oxygens (including phenoxy) is 1. The van der Waals surface area contributed by atoms with Crippen LogP contribution in [0.1, 0.15) is 16.1 Å². The lowest BCUT2D eigenvalue weighted by atomic mass is 10.0. The Kier molecular flexibility index (Phi) is 4.26. The molecule has 0 aliphatic rings. The van der Waals surface area contributed by atoms with Gasteiger partial charge in [-0.1, -0.05) is 29.3 Å². The Hall–Kier alpha value is -1.65. The number of pyridine rings is 1. The first kappa shape index (κ1) is 14.8. The Morgan fingerprint density at radius 3 is 2.50 bits per heavy atom. The highest BCUT2D eigenvalue weighted by atomic mass is 35.5. The molecule has 6 heteroatoms. The predicted molar refractivity (Wildman–Crippen MR) is 75.7 cm³/mol. The number of aromatic nitrogens is 1. The summed E-state index contributed by atoms with van der Waals surface area (Å²) in [6.45, 7) is 1.59. The molecule has 20 heavy (non-hydrogen) atoms. The molecule has 1 heterocycles. The Labute approximate surface area is 125 Å². The van der Waals surface area contributed by atoms with Gasteiger partial charge in [0.05, 0.1) is 22.8 Å². The molecule has 0 spiro atoms. The topological polar surface area (TPSA) is 39.2 Å². The minimum atomic E-state index is -0.649. The highest BCUT2D eigenvalue weighted by molar-refractivity contribution is 6.33. The fourth-order valence-corrected chi connectivity index (χ4v) is 2.15. The third-order valence-corrected chi connectivity index (χ3v) is 3.44. The molecule has 1 aromatic carbocycles. The molecule has 0 fully saturated rings. The van der Waals surface area contributed by atoms with Crippen molar-refractivity contribution < 1.29 is 13.9 Å². The van der Waals surface area contributed by atoms with Gasteiger partial charge in [0, 0.05) is 5.56 Å². The van der Waals surface area contributed by atoms with Gasteiger partial charge in [-0.05, 0) is 30.7 Å². The van der Waals surface area contributed by atoms with E-state index in [1.807, 2.05) is 0 Å². The normalized spacial score (nSPS) is 10.4. The van der Waals surface area contributed by atoms with Gasteiger partial charge in [-0.3, -0.25) is 0 Å². The van der Waals surface area contributed by atoms with Gasteiger partial charge < -0.3 is 4.74 Å². The Morgan fingerprint density at radius 2 is 1.85 bits per heavy atom. The van der Waals surface area contributed by atoms with E-state index in [-0.39, 0.29) is 15.7 Å². The molecular formula is C14H10Cl2FNO2. The van der Waals surface area contributed by atoms with Crippen molar-refractivity contribution in [1.29, 1.82) is 0 Å². The summed E-state index contributed by atoms with van der Waals surface area (Å²) in [5, 5.41) is 0.209. The van der Waals surface area contributed by atoms with Crippen LogP contribution in [0.5, 0.6) is 0 Å². The standard InChI is InChI=1S/C14H10Cl2FNO2/c1-7-8(3-4-9(15)12(7)17)11-6-5-10(16)13(18-11)14(19)20-2/h3-6H,1-2H3. The second kappa shape index (κ2) is 5.77. The van der Waals surface area contributed by atoms with Crippen molar-refractivity contribution in [3.8, 4) is 11.3 Å². The minimum absolute atomic E-state index is 0.0126. The van der Waals surface area contributed by atoms with E-state index in [1.54, 1.807) is 19.1 Å². The molecule has 2 rings (SSSR count). The van der Waals surface area contributed by atoms with Crippen LogP contribution in [0.15, 0.2) is 24.3 Å². The van der Waals surface area contributed by atoms with Crippen LogP contribution in [0.25, 0.3) is 11.3 Å². The number of methoxy groups -OCH3 is 1. The van der Waals surface area contributed by atoms with Crippen LogP contribution in [0.3, 0.4) is 0 Å². The zero-order valence-electron chi connectivity index (χ0n) is 10.7. The second-order valence-electron chi connectivity index (χ2n) is 4.05. The number of hydrogen-bond acceptors (Lipinski definition) is 3. The largest absolute Gasteiger partial charge is 0.464 e. The second-order valence-corrected chi connectivity index (χ2v) is 4.87. The summed E-state index contributed by atoms with van der Waals surface area (Å²) in [5.74, 6) is -1.16. The van der Waals surface area contributed by atoms with Crippen molar-refractivity contribution >= 4 is 29.2 Å². The molecule has 104 valence electrons. The number of carbonyl (C=O) groups excluding carboxylic acids is 1. The molecular weight excluding hydrogens is 304 g/mol. The van der Waals surface area contributed by atoms with Crippen molar-refractivity contribution in [3.63, 3.8) is 0 Å². The summed E-state index contributed by atoms with van der Waals surface area (Å²) in [4.78, 5) is 15.7. The molecule has 0 radical (unpaired) electrons. The maximum absolute atomic E-state index is 13.8. The van der Waals surface area contributed by atoms with Crippen LogP contribution in [0.4, 0.5) is 4.39 Å². The molecule has 0 atom stereocenters. The van der Waals surface area contributed by atoms with E-state index in [9.17, 15) is 9.18 Å². The van der Waals surface area contributed by atoms with Gasteiger partial charge in [0.2, 0.25) is 0 Å². The Morgan fingerprint density at radius 1 is 1.20 bits per heavy atom. The van der Waals surface area contributed by atoms with Gasteiger partial charge in [0.1, 0.15) is 5.82 Å². The highest BCUT2D eigenvalue weighted by Crippen LogP contribution is 2.29. The molecule has 0 aliphatic carbocycles. The van der Waals surface area contributed by atoms with Crippen molar-refractivity contribution in [3.05, 3.63) is 51.4 Å². The summed E-state index contributed by atoms with van der Waals surface area (Å²) in [6.07, 6.45) is 0. The third-order valence-electron chi connectivity index (χ3n) is 2.84. The zero-order valence-corrected chi connectivity index (χ0v) is 12.2. The average molecular weight is 314 g/mol. The van der Waals surface area contributed by atoms with Crippen LogP contribution in [-0.2, 0) is 4.74 Å². The number of nitrogens with zero attached hydrogens (tertiary/aromatic N) is 1. The quantitative estimate of drug-likeness (QED) is 0.776. The first-order valence-electron chi connectivity index (χ1n) is 5.65. The van der Waals surface area contributed by atoms with Gasteiger partial charge in [-0.2, -0.15) is 0 Å². The summed E-state index contributed by atoms with van der Waals surface area (Å²) in [7, 11) is 1.24. The molecule has 0 bridgehead atoms. The van der Waals surface area contributed by atoms with Crippen molar-refractivity contribution in [2.45, 2.75) is 6.92 Å². The molecule has 1 aromatic heterocycles. The Balaban J connectivity index is 2.60. The van der Waals surface area contributed by atoms with Crippen LogP contribution in [0.2, 0.25) is 10.0 Å². The van der Waals surface area contributed by atoms with Crippen LogP contribution in [0, 0.1) is 12.7 Å². The Bertz CT molecular complexity index is 689. The lowest BCUT2D eigenvalue weighted by Crippen LogP contribution is -2.06. The van der Waals surface area contributed by atoms with Gasteiger partial charge >= 0.3 is 5.97 Å².